The third-order valence-corrected chi connectivity index (χ3v) is 3.43. The van der Waals surface area contributed by atoms with E-state index in [0.29, 0.717) is 0 Å². The second kappa shape index (κ2) is 6.07. The highest BCUT2D eigenvalue weighted by atomic mass is 16.5. The fourth-order valence-electron chi connectivity index (χ4n) is 2.43. The van der Waals surface area contributed by atoms with Crippen LogP contribution in [0.2, 0.25) is 0 Å². The largest absolute Gasteiger partial charge is 0.493 e. The van der Waals surface area contributed by atoms with E-state index in [1.165, 1.54) is 11.1 Å². The first-order valence-corrected chi connectivity index (χ1v) is 6.35. The quantitative estimate of drug-likeness (QED) is 0.860. The molecule has 1 aliphatic rings. The summed E-state index contributed by atoms with van der Waals surface area (Å²) in [6.45, 7) is 3.18. The van der Waals surface area contributed by atoms with E-state index < -0.39 is 0 Å². The number of ether oxygens (including phenoxy) is 2. The van der Waals surface area contributed by atoms with E-state index in [0.717, 1.165) is 44.0 Å². The molecule has 0 fully saturated rings. The van der Waals surface area contributed by atoms with Gasteiger partial charge in [-0.3, -0.25) is 4.90 Å². The van der Waals surface area contributed by atoms with Gasteiger partial charge in [0.25, 0.3) is 0 Å². The minimum atomic E-state index is 0.259. The van der Waals surface area contributed by atoms with E-state index in [2.05, 4.69) is 17.0 Å². The molecule has 0 aliphatic carbocycles. The van der Waals surface area contributed by atoms with Crippen molar-refractivity contribution in [2.75, 3.05) is 33.9 Å². The van der Waals surface area contributed by atoms with Gasteiger partial charge in [0.1, 0.15) is 0 Å². The summed E-state index contributed by atoms with van der Waals surface area (Å²) >= 11 is 0. The molecule has 0 amide bonds. The molecule has 2 rings (SSSR count). The molecule has 0 saturated carbocycles. The Bertz CT molecular complexity index is 406. The van der Waals surface area contributed by atoms with Crippen molar-refractivity contribution in [3.05, 3.63) is 23.3 Å². The van der Waals surface area contributed by atoms with Gasteiger partial charge < -0.3 is 14.6 Å². The van der Waals surface area contributed by atoms with E-state index in [1.54, 1.807) is 14.2 Å². The van der Waals surface area contributed by atoms with Crippen LogP contribution >= 0.6 is 0 Å². The molecule has 0 radical (unpaired) electrons. The van der Waals surface area contributed by atoms with Crippen molar-refractivity contribution in [1.82, 2.24) is 4.90 Å². The summed E-state index contributed by atoms with van der Waals surface area (Å²) in [5.41, 5.74) is 2.64. The van der Waals surface area contributed by atoms with Crippen LogP contribution < -0.4 is 9.47 Å². The van der Waals surface area contributed by atoms with E-state index >= 15 is 0 Å². The van der Waals surface area contributed by atoms with Gasteiger partial charge in [-0.15, -0.1) is 0 Å². The summed E-state index contributed by atoms with van der Waals surface area (Å²) in [7, 11) is 3.33. The van der Waals surface area contributed by atoms with Crippen LogP contribution in [-0.4, -0.2) is 43.9 Å². The zero-order valence-electron chi connectivity index (χ0n) is 11.1. The first-order chi connectivity index (χ1) is 8.78. The Morgan fingerprint density at radius 1 is 1.17 bits per heavy atom. The normalized spacial score (nSPS) is 15.3. The molecule has 1 aliphatic heterocycles. The first kappa shape index (κ1) is 13.2. The molecule has 0 atom stereocenters. The van der Waals surface area contributed by atoms with E-state index in [9.17, 15) is 0 Å². The van der Waals surface area contributed by atoms with Crippen molar-refractivity contribution in [1.29, 1.82) is 0 Å². The highest BCUT2D eigenvalue weighted by Gasteiger charge is 2.18. The lowest BCUT2D eigenvalue weighted by atomic mass is 9.98. The molecular weight excluding hydrogens is 230 g/mol. The zero-order chi connectivity index (χ0) is 13.0. The molecule has 1 N–H and O–H groups in total. The van der Waals surface area contributed by atoms with Crippen molar-refractivity contribution >= 4 is 0 Å². The third-order valence-electron chi connectivity index (χ3n) is 3.43. The van der Waals surface area contributed by atoms with E-state index in [1.807, 2.05) is 0 Å². The minimum absolute atomic E-state index is 0.259. The Morgan fingerprint density at radius 3 is 2.44 bits per heavy atom. The summed E-state index contributed by atoms with van der Waals surface area (Å²) in [4.78, 5) is 2.37. The van der Waals surface area contributed by atoms with Crippen molar-refractivity contribution in [3.63, 3.8) is 0 Å². The fraction of sp³-hybridized carbons (Fsp3) is 0.571. The van der Waals surface area contributed by atoms with Gasteiger partial charge in [0.15, 0.2) is 11.5 Å². The van der Waals surface area contributed by atoms with Crippen LogP contribution in [0.5, 0.6) is 11.5 Å². The highest BCUT2D eigenvalue weighted by Crippen LogP contribution is 2.33. The number of hydrogen-bond donors (Lipinski definition) is 1. The van der Waals surface area contributed by atoms with Crippen LogP contribution in [0, 0.1) is 0 Å². The summed E-state index contributed by atoms with van der Waals surface area (Å²) in [6.07, 6.45) is 1.86. The molecule has 0 aromatic heterocycles. The van der Waals surface area contributed by atoms with Crippen LogP contribution in [0.4, 0.5) is 0 Å². The van der Waals surface area contributed by atoms with Gasteiger partial charge in [-0.05, 0) is 36.1 Å². The number of benzene rings is 1. The minimum Gasteiger partial charge on any atom is -0.493 e. The Kier molecular flexibility index (Phi) is 4.44. The molecule has 4 nitrogen and oxygen atoms in total. The predicted molar refractivity (Wildman–Crippen MR) is 70.2 cm³/mol. The molecule has 0 saturated heterocycles. The lowest BCUT2D eigenvalue weighted by Crippen LogP contribution is -2.31. The Hall–Kier alpha value is -1.26. The Balaban J connectivity index is 2.16. The van der Waals surface area contributed by atoms with E-state index in [4.69, 9.17) is 14.6 Å². The Labute approximate surface area is 108 Å². The van der Waals surface area contributed by atoms with Crippen molar-refractivity contribution in [2.45, 2.75) is 19.4 Å². The first-order valence-electron chi connectivity index (χ1n) is 6.35. The molecule has 100 valence electrons. The van der Waals surface area contributed by atoms with Gasteiger partial charge in [-0.1, -0.05) is 0 Å². The maximum Gasteiger partial charge on any atom is 0.161 e. The second-order valence-corrected chi connectivity index (χ2v) is 4.58. The maximum absolute atomic E-state index is 8.88. The van der Waals surface area contributed by atoms with Gasteiger partial charge in [0.05, 0.1) is 14.2 Å². The second-order valence-electron chi connectivity index (χ2n) is 4.58. The highest BCUT2D eigenvalue weighted by molar-refractivity contribution is 5.48. The van der Waals surface area contributed by atoms with Gasteiger partial charge in [-0.2, -0.15) is 0 Å². The van der Waals surface area contributed by atoms with Crippen LogP contribution in [0.1, 0.15) is 17.5 Å². The molecule has 1 aromatic rings. The number of rotatable bonds is 5. The van der Waals surface area contributed by atoms with Crippen LogP contribution in [0.3, 0.4) is 0 Å². The van der Waals surface area contributed by atoms with Gasteiger partial charge in [0, 0.05) is 26.2 Å². The molecule has 0 spiro atoms. The number of fused-ring (bicyclic) bond motifs is 1. The fourth-order valence-corrected chi connectivity index (χ4v) is 2.43. The molecule has 4 heteroatoms. The standard InChI is InChI=1S/C14H21NO3/c1-17-13-8-11-4-6-15(5-3-7-16)10-12(11)9-14(13)18-2/h8-9,16H,3-7,10H2,1-2H3. The molecule has 0 unspecified atom stereocenters. The van der Waals surface area contributed by atoms with Gasteiger partial charge in [0.2, 0.25) is 0 Å². The molecule has 1 heterocycles. The van der Waals surface area contributed by atoms with Crippen LogP contribution in [0.25, 0.3) is 0 Å². The summed E-state index contributed by atoms with van der Waals surface area (Å²) < 4.78 is 10.7. The lowest BCUT2D eigenvalue weighted by molar-refractivity contribution is 0.211. The van der Waals surface area contributed by atoms with Crippen LogP contribution in [-0.2, 0) is 13.0 Å². The summed E-state index contributed by atoms with van der Waals surface area (Å²) in [5, 5.41) is 8.88. The number of aliphatic hydroxyl groups excluding tert-OH is 1. The number of nitrogens with zero attached hydrogens (tertiary/aromatic N) is 1. The monoisotopic (exact) mass is 251 g/mol. The van der Waals surface area contributed by atoms with E-state index in [-0.39, 0.29) is 6.61 Å². The number of aliphatic hydroxyl groups is 1. The van der Waals surface area contributed by atoms with Crippen molar-refractivity contribution in [3.8, 4) is 11.5 Å². The zero-order valence-corrected chi connectivity index (χ0v) is 11.1. The predicted octanol–water partition coefficient (Wildman–Crippen LogP) is 1.44. The molecule has 1 aromatic carbocycles. The average molecular weight is 251 g/mol. The smallest absolute Gasteiger partial charge is 0.161 e. The summed E-state index contributed by atoms with van der Waals surface area (Å²) in [6, 6.07) is 4.15. The van der Waals surface area contributed by atoms with Crippen molar-refractivity contribution in [2.24, 2.45) is 0 Å². The third kappa shape index (κ3) is 2.76. The maximum atomic E-state index is 8.88. The molecule has 0 bridgehead atoms. The van der Waals surface area contributed by atoms with Crippen molar-refractivity contribution < 1.29 is 14.6 Å². The SMILES string of the molecule is COc1cc2c(cc1OC)CN(CCCO)CC2. The Morgan fingerprint density at radius 2 is 1.83 bits per heavy atom. The van der Waals surface area contributed by atoms with Crippen LogP contribution in [0.15, 0.2) is 12.1 Å². The topological polar surface area (TPSA) is 41.9 Å². The summed E-state index contributed by atoms with van der Waals surface area (Å²) in [5.74, 6) is 1.60. The lowest BCUT2D eigenvalue weighted by Gasteiger charge is -2.29. The van der Waals surface area contributed by atoms with Gasteiger partial charge in [-0.25, -0.2) is 0 Å². The number of hydrogen-bond acceptors (Lipinski definition) is 4. The molecule has 18 heavy (non-hydrogen) atoms. The van der Waals surface area contributed by atoms with Gasteiger partial charge >= 0.3 is 0 Å². The average Bonchev–Trinajstić information content (AvgIpc) is 2.43. The molecular formula is C14H21NO3. The number of methoxy groups -OCH3 is 2.